The summed E-state index contributed by atoms with van der Waals surface area (Å²) in [7, 11) is 0. The van der Waals surface area contributed by atoms with Crippen molar-refractivity contribution in [3.63, 3.8) is 0 Å². The fraction of sp³-hybridized carbons (Fsp3) is 0.250. The van der Waals surface area contributed by atoms with E-state index in [0.29, 0.717) is 24.7 Å². The summed E-state index contributed by atoms with van der Waals surface area (Å²) in [5.41, 5.74) is 4.53. The van der Waals surface area contributed by atoms with Crippen LogP contribution in [0, 0.1) is 0 Å². The van der Waals surface area contributed by atoms with Crippen LogP contribution in [0.3, 0.4) is 0 Å². The summed E-state index contributed by atoms with van der Waals surface area (Å²) in [6.07, 6.45) is 5.38. The fourth-order valence-electron chi connectivity index (χ4n) is 3.79. The van der Waals surface area contributed by atoms with Gasteiger partial charge in [-0.3, -0.25) is 9.59 Å². The number of H-pyrrole nitrogens is 1. The first-order chi connectivity index (χ1) is 14.6. The highest BCUT2D eigenvalue weighted by atomic mass is 35.5. The summed E-state index contributed by atoms with van der Waals surface area (Å²) >= 11 is 5.95. The second-order valence-electron chi connectivity index (χ2n) is 7.47. The average Bonchev–Trinajstić information content (AvgIpc) is 3.20. The Kier molecular flexibility index (Phi) is 6.19. The molecule has 0 fully saturated rings. The molecule has 1 aromatic heterocycles. The lowest BCUT2D eigenvalue weighted by molar-refractivity contribution is -0.133. The van der Waals surface area contributed by atoms with Crippen molar-refractivity contribution in [3.8, 4) is 0 Å². The molecule has 1 aliphatic heterocycles. The van der Waals surface area contributed by atoms with E-state index in [0.717, 1.165) is 17.5 Å². The maximum Gasteiger partial charge on any atom is 0.223 e. The van der Waals surface area contributed by atoms with Crippen molar-refractivity contribution in [3.05, 3.63) is 77.0 Å². The summed E-state index contributed by atoms with van der Waals surface area (Å²) in [6, 6.07) is 15.6. The summed E-state index contributed by atoms with van der Waals surface area (Å²) in [4.78, 5) is 29.7. The van der Waals surface area contributed by atoms with Gasteiger partial charge in [-0.25, -0.2) is 0 Å². The summed E-state index contributed by atoms with van der Waals surface area (Å²) in [5.74, 6) is -0.113. The second kappa shape index (κ2) is 9.18. The van der Waals surface area contributed by atoms with E-state index in [9.17, 15) is 9.59 Å². The molecule has 2 aromatic carbocycles. The summed E-state index contributed by atoms with van der Waals surface area (Å²) in [6.45, 7) is 1.67. The van der Waals surface area contributed by atoms with Gasteiger partial charge in [0.25, 0.3) is 0 Å². The van der Waals surface area contributed by atoms with Crippen LogP contribution in [0.1, 0.15) is 30.4 Å². The van der Waals surface area contributed by atoms with Gasteiger partial charge in [-0.1, -0.05) is 48.0 Å². The van der Waals surface area contributed by atoms with Crippen molar-refractivity contribution in [2.24, 2.45) is 0 Å². The lowest BCUT2D eigenvalue weighted by Crippen LogP contribution is -2.35. The molecule has 0 unspecified atom stereocenters. The zero-order valence-corrected chi connectivity index (χ0v) is 17.4. The monoisotopic (exact) mass is 421 g/mol. The van der Waals surface area contributed by atoms with Gasteiger partial charge in [0.05, 0.1) is 0 Å². The SMILES string of the molecule is O=C(CCC(=O)N1CC=C(c2c[nH]c3ccccc23)CC1)NCc1cccc(Cl)c1. The fourth-order valence-corrected chi connectivity index (χ4v) is 4.00. The number of aromatic nitrogens is 1. The smallest absolute Gasteiger partial charge is 0.223 e. The number of hydrogen-bond acceptors (Lipinski definition) is 2. The molecule has 4 rings (SSSR count). The molecule has 2 N–H and O–H groups in total. The number of aromatic amines is 1. The van der Waals surface area contributed by atoms with Gasteiger partial charge in [0.2, 0.25) is 11.8 Å². The quantitative estimate of drug-likeness (QED) is 0.614. The van der Waals surface area contributed by atoms with Crippen molar-refractivity contribution >= 4 is 39.9 Å². The van der Waals surface area contributed by atoms with Crippen LogP contribution < -0.4 is 5.32 Å². The number of benzene rings is 2. The molecule has 30 heavy (non-hydrogen) atoms. The third kappa shape index (κ3) is 4.74. The molecule has 0 radical (unpaired) electrons. The summed E-state index contributed by atoms with van der Waals surface area (Å²) in [5, 5.41) is 4.69. The molecule has 5 nitrogen and oxygen atoms in total. The van der Waals surface area contributed by atoms with Crippen molar-refractivity contribution in [1.29, 1.82) is 0 Å². The van der Waals surface area contributed by atoms with Crippen molar-refractivity contribution in [1.82, 2.24) is 15.2 Å². The van der Waals surface area contributed by atoms with Gasteiger partial charge in [0.1, 0.15) is 0 Å². The predicted molar refractivity (Wildman–Crippen MR) is 120 cm³/mol. The van der Waals surface area contributed by atoms with Gasteiger partial charge in [-0.05, 0) is 35.8 Å². The van der Waals surface area contributed by atoms with Crippen molar-refractivity contribution in [2.45, 2.75) is 25.8 Å². The molecule has 0 aliphatic carbocycles. The molecular formula is C24H24ClN3O2. The molecule has 0 saturated heterocycles. The van der Waals surface area contributed by atoms with Gasteiger partial charge >= 0.3 is 0 Å². The molecule has 1 aliphatic rings. The van der Waals surface area contributed by atoms with E-state index in [1.54, 1.807) is 6.07 Å². The number of carbonyl (C=O) groups excluding carboxylic acids is 2. The largest absolute Gasteiger partial charge is 0.361 e. The number of rotatable bonds is 6. The average molecular weight is 422 g/mol. The van der Waals surface area contributed by atoms with Crippen LogP contribution in [0.5, 0.6) is 0 Å². The third-order valence-corrected chi connectivity index (χ3v) is 5.68. The highest BCUT2D eigenvalue weighted by molar-refractivity contribution is 6.30. The van der Waals surface area contributed by atoms with Crippen molar-refractivity contribution < 1.29 is 9.59 Å². The van der Waals surface area contributed by atoms with E-state index in [4.69, 9.17) is 11.6 Å². The molecule has 6 heteroatoms. The van der Waals surface area contributed by atoms with Crippen LogP contribution in [0.25, 0.3) is 16.5 Å². The number of fused-ring (bicyclic) bond motifs is 1. The molecule has 0 bridgehead atoms. The van der Waals surface area contributed by atoms with E-state index < -0.39 is 0 Å². The van der Waals surface area contributed by atoms with Crippen molar-refractivity contribution in [2.75, 3.05) is 13.1 Å². The third-order valence-electron chi connectivity index (χ3n) is 5.44. The maximum absolute atomic E-state index is 12.5. The normalized spacial score (nSPS) is 13.9. The number of nitrogens with one attached hydrogen (secondary N) is 2. The van der Waals surface area contributed by atoms with Gasteiger partial charge in [-0.15, -0.1) is 0 Å². The Balaban J connectivity index is 1.26. The lowest BCUT2D eigenvalue weighted by Gasteiger charge is -2.26. The Morgan fingerprint density at radius 3 is 2.77 bits per heavy atom. The van der Waals surface area contributed by atoms with Crippen LogP contribution in [0.4, 0.5) is 0 Å². The first kappa shape index (κ1) is 20.2. The minimum Gasteiger partial charge on any atom is -0.361 e. The number of amides is 2. The molecule has 3 aromatic rings. The number of halogens is 1. The molecule has 2 amide bonds. The van der Waals surface area contributed by atoms with Gasteiger partial charge < -0.3 is 15.2 Å². The number of carbonyl (C=O) groups is 2. The first-order valence-corrected chi connectivity index (χ1v) is 10.5. The molecule has 0 spiro atoms. The Hall–Kier alpha value is -3.05. The molecule has 0 atom stereocenters. The lowest BCUT2D eigenvalue weighted by atomic mass is 9.98. The van der Waals surface area contributed by atoms with Crippen LogP contribution >= 0.6 is 11.6 Å². The maximum atomic E-state index is 12.5. The Morgan fingerprint density at radius 2 is 1.97 bits per heavy atom. The molecular weight excluding hydrogens is 398 g/mol. The Labute approximate surface area is 180 Å². The Bertz CT molecular complexity index is 1100. The van der Waals surface area contributed by atoms with Crippen LogP contribution in [0.2, 0.25) is 5.02 Å². The zero-order valence-electron chi connectivity index (χ0n) is 16.7. The minimum absolute atomic E-state index is 0.0159. The van der Waals surface area contributed by atoms with Gasteiger partial charge in [0, 0.05) is 60.2 Å². The van der Waals surface area contributed by atoms with Gasteiger partial charge in [-0.2, -0.15) is 0 Å². The predicted octanol–water partition coefficient (Wildman–Crippen LogP) is 4.53. The summed E-state index contributed by atoms with van der Waals surface area (Å²) < 4.78 is 0. The number of hydrogen-bond donors (Lipinski definition) is 2. The Morgan fingerprint density at radius 1 is 1.10 bits per heavy atom. The topological polar surface area (TPSA) is 65.2 Å². The van der Waals surface area contributed by atoms with E-state index in [1.807, 2.05) is 41.4 Å². The standard InChI is InChI=1S/C24H24ClN3O2/c25-19-5-3-4-17(14-19)15-27-23(29)8-9-24(30)28-12-10-18(11-13-28)21-16-26-22-7-2-1-6-20(21)22/h1-7,10,14,16,26H,8-9,11-13,15H2,(H,27,29). The van der Waals surface area contributed by atoms with Gasteiger partial charge in [0.15, 0.2) is 0 Å². The molecule has 154 valence electrons. The number of para-hydroxylation sites is 1. The molecule has 2 heterocycles. The van der Waals surface area contributed by atoms with E-state index in [1.165, 1.54) is 16.5 Å². The number of nitrogens with zero attached hydrogens (tertiary/aromatic N) is 1. The highest BCUT2D eigenvalue weighted by Crippen LogP contribution is 2.29. The highest BCUT2D eigenvalue weighted by Gasteiger charge is 2.20. The van der Waals surface area contributed by atoms with E-state index in [-0.39, 0.29) is 24.7 Å². The minimum atomic E-state index is -0.129. The van der Waals surface area contributed by atoms with Crippen LogP contribution in [-0.4, -0.2) is 34.8 Å². The second-order valence-corrected chi connectivity index (χ2v) is 7.91. The first-order valence-electron chi connectivity index (χ1n) is 10.1. The van der Waals surface area contributed by atoms with Crippen LogP contribution in [0.15, 0.2) is 60.8 Å². The molecule has 0 saturated carbocycles. The zero-order chi connectivity index (χ0) is 20.9. The van der Waals surface area contributed by atoms with Crippen LogP contribution in [-0.2, 0) is 16.1 Å². The van der Waals surface area contributed by atoms with E-state index >= 15 is 0 Å². The van der Waals surface area contributed by atoms with E-state index in [2.05, 4.69) is 28.5 Å².